The van der Waals surface area contributed by atoms with Gasteiger partial charge in [-0.3, -0.25) is 0 Å². The Kier molecular flexibility index (Phi) is 5.96. The molecule has 0 radical (unpaired) electrons. The van der Waals surface area contributed by atoms with Crippen LogP contribution in [-0.4, -0.2) is 46.3 Å². The third-order valence-corrected chi connectivity index (χ3v) is 7.11. The van der Waals surface area contributed by atoms with Gasteiger partial charge in [-0.25, -0.2) is 8.42 Å². The predicted octanol–water partition coefficient (Wildman–Crippen LogP) is 2.76. The van der Waals surface area contributed by atoms with E-state index in [0.717, 1.165) is 24.8 Å². The third-order valence-electron chi connectivity index (χ3n) is 4.36. The van der Waals surface area contributed by atoms with Crippen molar-refractivity contribution in [3.05, 3.63) is 24.3 Å². The first-order valence-electron chi connectivity index (χ1n) is 8.61. The molecule has 26 heavy (non-hydrogen) atoms. The van der Waals surface area contributed by atoms with Crippen molar-refractivity contribution in [2.75, 3.05) is 18.8 Å². The molecule has 1 aliphatic heterocycles. The summed E-state index contributed by atoms with van der Waals surface area (Å²) in [5.41, 5.74) is 0.806. The molecule has 7 nitrogen and oxygen atoms in total. The SMILES string of the molecule is CCn1c(SCC#N)nnc1-c1ccc(S(=O)(=O)N2CCCCC2)cc1. The Morgan fingerprint density at radius 3 is 2.46 bits per heavy atom. The van der Waals surface area contributed by atoms with Gasteiger partial charge in [-0.05, 0) is 44.0 Å². The van der Waals surface area contributed by atoms with E-state index in [9.17, 15) is 8.42 Å². The minimum absolute atomic E-state index is 0.310. The van der Waals surface area contributed by atoms with Gasteiger partial charge in [0.1, 0.15) is 0 Å². The quantitative estimate of drug-likeness (QED) is 0.703. The summed E-state index contributed by atoms with van der Waals surface area (Å²) in [6.45, 7) is 3.84. The van der Waals surface area contributed by atoms with Crippen molar-refractivity contribution in [3.8, 4) is 17.5 Å². The van der Waals surface area contributed by atoms with Gasteiger partial charge in [0.05, 0.1) is 16.7 Å². The number of nitriles is 1. The molecule has 9 heteroatoms. The van der Waals surface area contributed by atoms with Gasteiger partial charge in [0, 0.05) is 25.2 Å². The molecule has 0 saturated carbocycles. The number of rotatable bonds is 6. The van der Waals surface area contributed by atoms with Crippen LogP contribution in [0.1, 0.15) is 26.2 Å². The second-order valence-corrected chi connectivity index (χ2v) is 8.87. The normalized spacial score (nSPS) is 15.7. The Bertz CT molecular complexity index is 894. The van der Waals surface area contributed by atoms with Gasteiger partial charge in [-0.15, -0.1) is 10.2 Å². The predicted molar refractivity (Wildman–Crippen MR) is 100 cm³/mol. The van der Waals surface area contributed by atoms with E-state index in [-0.39, 0.29) is 0 Å². The highest BCUT2D eigenvalue weighted by Gasteiger charge is 2.26. The van der Waals surface area contributed by atoms with Crippen molar-refractivity contribution in [1.29, 1.82) is 5.26 Å². The van der Waals surface area contributed by atoms with Crippen LogP contribution in [0.15, 0.2) is 34.3 Å². The van der Waals surface area contributed by atoms with Crippen molar-refractivity contribution in [2.24, 2.45) is 0 Å². The van der Waals surface area contributed by atoms with Crippen molar-refractivity contribution in [3.63, 3.8) is 0 Å². The highest BCUT2D eigenvalue weighted by atomic mass is 32.2. The van der Waals surface area contributed by atoms with Crippen LogP contribution in [0.3, 0.4) is 0 Å². The van der Waals surface area contributed by atoms with Gasteiger partial charge < -0.3 is 4.57 Å². The van der Waals surface area contributed by atoms with Crippen LogP contribution in [0.2, 0.25) is 0 Å². The minimum atomic E-state index is -3.43. The Labute approximate surface area is 158 Å². The molecule has 1 aromatic carbocycles. The molecule has 0 atom stereocenters. The summed E-state index contributed by atoms with van der Waals surface area (Å²) in [6, 6.07) is 8.89. The fourth-order valence-corrected chi connectivity index (χ4v) is 5.20. The second kappa shape index (κ2) is 8.20. The van der Waals surface area contributed by atoms with Crippen molar-refractivity contribution in [2.45, 2.75) is 42.8 Å². The molecule has 0 N–H and O–H groups in total. The highest BCUT2D eigenvalue weighted by molar-refractivity contribution is 7.99. The zero-order valence-electron chi connectivity index (χ0n) is 14.6. The van der Waals surface area contributed by atoms with Crippen LogP contribution in [0.4, 0.5) is 0 Å². The molecule has 0 spiro atoms. The number of hydrogen-bond acceptors (Lipinski definition) is 6. The van der Waals surface area contributed by atoms with E-state index in [4.69, 9.17) is 5.26 Å². The Balaban J connectivity index is 1.86. The molecule has 2 aromatic rings. The molecule has 2 heterocycles. The van der Waals surface area contributed by atoms with Crippen LogP contribution in [0.25, 0.3) is 11.4 Å². The number of nitrogens with zero attached hydrogens (tertiary/aromatic N) is 5. The number of hydrogen-bond donors (Lipinski definition) is 0. The molecule has 138 valence electrons. The number of thioether (sulfide) groups is 1. The summed E-state index contributed by atoms with van der Waals surface area (Å²) >= 11 is 1.34. The molecule has 1 fully saturated rings. The third kappa shape index (κ3) is 3.77. The smallest absolute Gasteiger partial charge is 0.243 e. The molecule has 1 aromatic heterocycles. The number of benzene rings is 1. The number of aromatic nitrogens is 3. The standard InChI is InChI=1S/C17H21N5O2S2/c1-2-22-16(19-20-17(22)25-13-10-18)14-6-8-15(9-7-14)26(23,24)21-11-4-3-5-12-21/h6-9H,2-5,11-13H2,1H3. The van der Waals surface area contributed by atoms with Crippen LogP contribution in [-0.2, 0) is 16.6 Å². The summed E-state index contributed by atoms with van der Waals surface area (Å²) in [5.74, 6) is 0.986. The van der Waals surface area contributed by atoms with E-state index in [0.29, 0.717) is 41.3 Å². The lowest BCUT2D eigenvalue weighted by Crippen LogP contribution is -2.35. The van der Waals surface area contributed by atoms with E-state index < -0.39 is 10.0 Å². The fraction of sp³-hybridized carbons (Fsp3) is 0.471. The Morgan fingerprint density at radius 2 is 1.85 bits per heavy atom. The van der Waals surface area contributed by atoms with Gasteiger partial charge in [0.25, 0.3) is 0 Å². The van der Waals surface area contributed by atoms with Crippen LogP contribution >= 0.6 is 11.8 Å². The maximum Gasteiger partial charge on any atom is 0.243 e. The molecule has 3 rings (SSSR count). The van der Waals surface area contributed by atoms with Crippen molar-refractivity contribution < 1.29 is 8.42 Å². The average molecular weight is 392 g/mol. The molecular formula is C17H21N5O2S2. The van der Waals surface area contributed by atoms with E-state index >= 15 is 0 Å². The molecule has 0 amide bonds. The second-order valence-electron chi connectivity index (χ2n) is 5.99. The summed E-state index contributed by atoms with van der Waals surface area (Å²) in [4.78, 5) is 0.310. The molecule has 0 unspecified atom stereocenters. The monoisotopic (exact) mass is 391 g/mol. The van der Waals surface area contributed by atoms with Crippen LogP contribution in [0.5, 0.6) is 0 Å². The lowest BCUT2D eigenvalue weighted by Gasteiger charge is -2.25. The fourth-order valence-electron chi connectivity index (χ4n) is 3.02. The zero-order chi connectivity index (χ0) is 18.6. The maximum absolute atomic E-state index is 12.7. The van der Waals surface area contributed by atoms with Gasteiger partial charge in [-0.1, -0.05) is 18.2 Å². The largest absolute Gasteiger partial charge is 0.302 e. The molecule has 0 aliphatic carbocycles. The lowest BCUT2D eigenvalue weighted by molar-refractivity contribution is 0.346. The summed E-state index contributed by atoms with van der Waals surface area (Å²) in [7, 11) is -3.43. The highest BCUT2D eigenvalue weighted by Crippen LogP contribution is 2.26. The maximum atomic E-state index is 12.7. The molecule has 1 saturated heterocycles. The number of piperidine rings is 1. The van der Waals surface area contributed by atoms with Gasteiger partial charge >= 0.3 is 0 Å². The summed E-state index contributed by atoms with van der Waals surface area (Å²) < 4.78 is 29.0. The minimum Gasteiger partial charge on any atom is -0.302 e. The summed E-state index contributed by atoms with van der Waals surface area (Å²) in [5, 5.41) is 17.8. The number of sulfonamides is 1. The van der Waals surface area contributed by atoms with Crippen molar-refractivity contribution in [1.82, 2.24) is 19.1 Å². The van der Waals surface area contributed by atoms with Gasteiger partial charge in [-0.2, -0.15) is 9.57 Å². The first kappa shape index (κ1) is 18.9. The van der Waals surface area contributed by atoms with Crippen LogP contribution in [0, 0.1) is 11.3 Å². The van der Waals surface area contributed by atoms with Gasteiger partial charge in [0.2, 0.25) is 10.0 Å². The molecule has 0 bridgehead atoms. The first-order valence-corrected chi connectivity index (χ1v) is 11.0. The lowest BCUT2D eigenvalue weighted by atomic mass is 10.2. The first-order chi connectivity index (χ1) is 12.6. The molecular weight excluding hydrogens is 370 g/mol. The molecule has 1 aliphatic rings. The van der Waals surface area contributed by atoms with Crippen molar-refractivity contribution >= 4 is 21.8 Å². The van der Waals surface area contributed by atoms with E-state index in [1.807, 2.05) is 11.5 Å². The average Bonchev–Trinajstić information content (AvgIpc) is 3.10. The van der Waals surface area contributed by atoms with E-state index in [2.05, 4.69) is 16.3 Å². The van der Waals surface area contributed by atoms with E-state index in [1.54, 1.807) is 28.6 Å². The zero-order valence-corrected chi connectivity index (χ0v) is 16.3. The summed E-state index contributed by atoms with van der Waals surface area (Å²) in [6.07, 6.45) is 2.92. The van der Waals surface area contributed by atoms with Gasteiger partial charge in [0.15, 0.2) is 11.0 Å². The Morgan fingerprint density at radius 1 is 1.15 bits per heavy atom. The van der Waals surface area contributed by atoms with E-state index in [1.165, 1.54) is 11.8 Å². The topological polar surface area (TPSA) is 91.9 Å². The van der Waals surface area contributed by atoms with Crippen LogP contribution < -0.4 is 0 Å². The Hall–Kier alpha value is -1.89.